The number of Topliss-reactive ketones (excluding diaryl/α,β-unsaturated/α-hetero) is 1. The molecule has 0 atom stereocenters. The normalized spacial score (nSPS) is 12.6. The lowest BCUT2D eigenvalue weighted by atomic mass is 10.00. The molecular weight excluding hydrogens is 266 g/mol. The number of alkyl halides is 6. The fraction of sp³-hybridized carbons (Fsp3) is 0.300. The van der Waals surface area contributed by atoms with Crippen LogP contribution in [0.4, 0.5) is 26.3 Å². The van der Waals surface area contributed by atoms with Gasteiger partial charge in [0.25, 0.3) is 0 Å². The zero-order chi connectivity index (χ0) is 14.3. The number of hydrogen-bond donors (Lipinski definition) is 1. The number of rotatable bonds is 1. The summed E-state index contributed by atoms with van der Waals surface area (Å²) in [5.74, 6) is -2.51. The summed E-state index contributed by atoms with van der Waals surface area (Å²) in [4.78, 5) is 10.9. The van der Waals surface area contributed by atoms with Crippen molar-refractivity contribution in [2.45, 2.75) is 19.3 Å². The highest BCUT2D eigenvalue weighted by Gasteiger charge is 2.45. The van der Waals surface area contributed by atoms with E-state index in [2.05, 4.69) is 0 Å². The Labute approximate surface area is 96.8 Å². The van der Waals surface area contributed by atoms with Crippen LogP contribution in [0.3, 0.4) is 0 Å². The van der Waals surface area contributed by atoms with Gasteiger partial charge in [0.2, 0.25) is 0 Å². The van der Waals surface area contributed by atoms with E-state index < -0.39 is 40.6 Å². The molecule has 0 saturated heterocycles. The van der Waals surface area contributed by atoms with Gasteiger partial charge in [-0.15, -0.1) is 0 Å². The van der Waals surface area contributed by atoms with Crippen LogP contribution in [0.2, 0.25) is 0 Å². The Bertz CT molecular complexity index is 486. The van der Waals surface area contributed by atoms with Crippen molar-refractivity contribution < 1.29 is 36.2 Å². The van der Waals surface area contributed by atoms with Crippen LogP contribution in [0.5, 0.6) is 5.75 Å². The smallest absolute Gasteiger partial charge is 0.420 e. The predicted molar refractivity (Wildman–Crippen MR) is 48.1 cm³/mol. The van der Waals surface area contributed by atoms with Crippen molar-refractivity contribution in [3.8, 4) is 5.75 Å². The van der Waals surface area contributed by atoms with E-state index >= 15 is 0 Å². The number of phenols is 1. The molecule has 0 aliphatic carbocycles. The van der Waals surface area contributed by atoms with Gasteiger partial charge in [0.05, 0.1) is 5.56 Å². The van der Waals surface area contributed by atoms with Crippen molar-refractivity contribution in [2.75, 3.05) is 0 Å². The van der Waals surface area contributed by atoms with E-state index in [0.717, 1.165) is 6.92 Å². The lowest BCUT2D eigenvalue weighted by Gasteiger charge is -2.17. The molecule has 100 valence electrons. The van der Waals surface area contributed by atoms with E-state index in [1.165, 1.54) is 0 Å². The van der Waals surface area contributed by atoms with E-state index in [1.807, 2.05) is 0 Å². The molecule has 2 nitrogen and oxygen atoms in total. The van der Waals surface area contributed by atoms with E-state index in [0.29, 0.717) is 6.07 Å². The molecule has 1 aromatic rings. The minimum atomic E-state index is -5.37. The molecular formula is C10H6F6O2. The molecule has 18 heavy (non-hydrogen) atoms. The summed E-state index contributed by atoms with van der Waals surface area (Å²) in [7, 11) is 0. The first-order chi connectivity index (χ1) is 7.94. The summed E-state index contributed by atoms with van der Waals surface area (Å²) >= 11 is 0. The van der Waals surface area contributed by atoms with E-state index in [9.17, 15) is 31.1 Å². The molecule has 0 spiro atoms. The van der Waals surface area contributed by atoms with Crippen molar-refractivity contribution in [1.29, 1.82) is 0 Å². The number of halogens is 6. The van der Waals surface area contributed by atoms with Crippen molar-refractivity contribution in [3.05, 3.63) is 28.8 Å². The molecule has 0 aromatic heterocycles. The first-order valence-corrected chi connectivity index (χ1v) is 4.47. The van der Waals surface area contributed by atoms with Crippen LogP contribution < -0.4 is 0 Å². The predicted octanol–water partition coefficient (Wildman–Crippen LogP) is 3.63. The highest BCUT2D eigenvalue weighted by atomic mass is 19.4. The fourth-order valence-corrected chi connectivity index (χ4v) is 1.35. The molecule has 1 N–H and O–H groups in total. The number of carbonyl (C=O) groups is 1. The molecule has 0 saturated carbocycles. The standard InChI is InChI=1S/C10H6F6O2/c1-4(17)5-2-6(9(11,12)13)8(7(18)3-5)10(14,15)16/h2-3,18H,1H3. The largest absolute Gasteiger partial charge is 0.507 e. The SMILES string of the molecule is CC(=O)c1cc(O)c(C(F)(F)F)c(C(F)(F)F)c1. The lowest BCUT2D eigenvalue weighted by molar-refractivity contribution is -0.163. The van der Waals surface area contributed by atoms with Gasteiger partial charge < -0.3 is 5.11 Å². The monoisotopic (exact) mass is 272 g/mol. The van der Waals surface area contributed by atoms with Crippen LogP contribution >= 0.6 is 0 Å². The molecule has 0 radical (unpaired) electrons. The third kappa shape index (κ3) is 2.74. The lowest BCUT2D eigenvalue weighted by Crippen LogP contribution is -2.17. The molecule has 0 aliphatic heterocycles. The minimum absolute atomic E-state index is 0.0743. The van der Waals surface area contributed by atoms with Crippen LogP contribution in [-0.2, 0) is 12.4 Å². The van der Waals surface area contributed by atoms with Crippen LogP contribution in [0.25, 0.3) is 0 Å². The quantitative estimate of drug-likeness (QED) is 0.626. The van der Waals surface area contributed by atoms with Gasteiger partial charge in [-0.1, -0.05) is 0 Å². The Morgan fingerprint density at radius 3 is 1.89 bits per heavy atom. The number of ketones is 1. The molecule has 0 aliphatic rings. The topological polar surface area (TPSA) is 37.3 Å². The Morgan fingerprint density at radius 2 is 1.56 bits per heavy atom. The van der Waals surface area contributed by atoms with Gasteiger partial charge in [0, 0.05) is 5.56 Å². The van der Waals surface area contributed by atoms with Crippen LogP contribution in [0.1, 0.15) is 28.4 Å². The van der Waals surface area contributed by atoms with Crippen molar-refractivity contribution in [2.24, 2.45) is 0 Å². The fourth-order valence-electron chi connectivity index (χ4n) is 1.35. The van der Waals surface area contributed by atoms with Gasteiger partial charge in [-0.2, -0.15) is 26.3 Å². The maximum atomic E-state index is 12.5. The van der Waals surface area contributed by atoms with Gasteiger partial charge >= 0.3 is 12.4 Å². The maximum absolute atomic E-state index is 12.5. The highest BCUT2D eigenvalue weighted by molar-refractivity contribution is 5.95. The Hall–Kier alpha value is -1.73. The second-order valence-corrected chi connectivity index (χ2v) is 3.47. The Morgan fingerprint density at radius 1 is 1.06 bits per heavy atom. The van der Waals surface area contributed by atoms with Crippen molar-refractivity contribution in [1.82, 2.24) is 0 Å². The van der Waals surface area contributed by atoms with E-state index in [-0.39, 0.29) is 6.07 Å². The minimum Gasteiger partial charge on any atom is -0.507 e. The summed E-state index contributed by atoms with van der Waals surface area (Å²) in [6.07, 6.45) is -10.7. The second kappa shape index (κ2) is 4.18. The van der Waals surface area contributed by atoms with E-state index in [1.54, 1.807) is 0 Å². The molecule has 0 unspecified atom stereocenters. The van der Waals surface area contributed by atoms with Gasteiger partial charge in [0.1, 0.15) is 11.3 Å². The summed E-state index contributed by atoms with van der Waals surface area (Å²) in [6.45, 7) is 0.877. The van der Waals surface area contributed by atoms with Gasteiger partial charge in [-0.05, 0) is 19.1 Å². The number of hydrogen-bond acceptors (Lipinski definition) is 2. The third-order valence-electron chi connectivity index (χ3n) is 2.11. The number of carbonyl (C=O) groups excluding carboxylic acids is 1. The molecule has 0 heterocycles. The molecule has 0 bridgehead atoms. The van der Waals surface area contributed by atoms with Gasteiger partial charge in [-0.3, -0.25) is 4.79 Å². The van der Waals surface area contributed by atoms with Gasteiger partial charge in [-0.25, -0.2) is 0 Å². The average molecular weight is 272 g/mol. The first-order valence-electron chi connectivity index (χ1n) is 4.47. The zero-order valence-corrected chi connectivity index (χ0v) is 8.78. The summed E-state index contributed by atoms with van der Waals surface area (Å²) in [6, 6.07) is 0.436. The number of phenolic OH excluding ortho intramolecular Hbond substituents is 1. The number of aromatic hydroxyl groups is 1. The highest BCUT2D eigenvalue weighted by Crippen LogP contribution is 2.45. The Kier molecular flexibility index (Phi) is 3.33. The van der Waals surface area contributed by atoms with Gasteiger partial charge in [0.15, 0.2) is 5.78 Å². The van der Waals surface area contributed by atoms with Crippen LogP contribution in [-0.4, -0.2) is 10.9 Å². The molecule has 1 rings (SSSR count). The molecule has 8 heteroatoms. The Balaban J connectivity index is 3.67. The van der Waals surface area contributed by atoms with E-state index in [4.69, 9.17) is 5.11 Å². The first kappa shape index (κ1) is 14.3. The summed E-state index contributed by atoms with van der Waals surface area (Å²) in [5, 5.41) is 9.05. The zero-order valence-electron chi connectivity index (χ0n) is 8.78. The van der Waals surface area contributed by atoms with Crippen LogP contribution in [0.15, 0.2) is 12.1 Å². The molecule has 0 amide bonds. The van der Waals surface area contributed by atoms with Crippen molar-refractivity contribution in [3.63, 3.8) is 0 Å². The molecule has 0 fully saturated rings. The second-order valence-electron chi connectivity index (χ2n) is 3.47. The number of benzene rings is 1. The third-order valence-corrected chi connectivity index (χ3v) is 2.11. The average Bonchev–Trinajstić information content (AvgIpc) is 2.12. The summed E-state index contributed by atoms with van der Waals surface area (Å²) in [5.41, 5.74) is -4.92. The molecule has 1 aromatic carbocycles. The van der Waals surface area contributed by atoms with Crippen molar-refractivity contribution >= 4 is 5.78 Å². The maximum Gasteiger partial charge on any atom is 0.420 e. The van der Waals surface area contributed by atoms with Crippen LogP contribution in [0, 0.1) is 0 Å². The summed E-state index contributed by atoms with van der Waals surface area (Å²) < 4.78 is 74.7.